The molecule has 5 rings (SSSR count). The van der Waals surface area contributed by atoms with E-state index in [2.05, 4.69) is 20.3 Å². The van der Waals surface area contributed by atoms with Crippen LogP contribution in [0.15, 0.2) is 78.0 Å². The van der Waals surface area contributed by atoms with Crippen molar-refractivity contribution < 1.29 is 9.21 Å². The van der Waals surface area contributed by atoms with E-state index in [1.165, 1.54) is 0 Å². The second-order valence-electron chi connectivity index (χ2n) is 6.20. The van der Waals surface area contributed by atoms with Gasteiger partial charge in [-0.3, -0.25) is 9.78 Å². The van der Waals surface area contributed by atoms with Crippen LogP contribution >= 0.6 is 0 Å². The lowest BCUT2D eigenvalue weighted by atomic mass is 10.1. The number of rotatable bonds is 3. The number of aromatic amines is 1. The van der Waals surface area contributed by atoms with Crippen molar-refractivity contribution in [2.75, 3.05) is 5.32 Å². The molecule has 4 heterocycles. The predicted octanol–water partition coefficient (Wildman–Crippen LogP) is 4.62. The molecule has 27 heavy (non-hydrogen) atoms. The van der Waals surface area contributed by atoms with Crippen LogP contribution in [0.4, 0.5) is 5.69 Å². The van der Waals surface area contributed by atoms with E-state index >= 15 is 0 Å². The Kier molecular flexibility index (Phi) is 3.47. The van der Waals surface area contributed by atoms with Gasteiger partial charge in [-0.15, -0.1) is 0 Å². The van der Waals surface area contributed by atoms with Gasteiger partial charge in [0.25, 0.3) is 5.91 Å². The zero-order valence-corrected chi connectivity index (χ0v) is 14.1. The molecule has 0 saturated carbocycles. The first kappa shape index (κ1) is 15.3. The van der Waals surface area contributed by atoms with E-state index in [1.54, 1.807) is 24.9 Å². The topological polar surface area (TPSA) is 83.8 Å². The lowest BCUT2D eigenvalue weighted by Crippen LogP contribution is -2.12. The van der Waals surface area contributed by atoms with E-state index in [0.717, 1.165) is 33.1 Å². The van der Waals surface area contributed by atoms with Crippen LogP contribution in [-0.4, -0.2) is 20.9 Å². The minimum atomic E-state index is -0.216. The molecule has 0 saturated heterocycles. The molecule has 0 radical (unpaired) electrons. The largest absolute Gasteiger partial charge is 0.472 e. The minimum absolute atomic E-state index is 0.216. The Balaban J connectivity index is 1.48. The van der Waals surface area contributed by atoms with Crippen LogP contribution in [0.1, 0.15) is 10.4 Å². The number of amides is 1. The quantitative estimate of drug-likeness (QED) is 0.495. The summed E-state index contributed by atoms with van der Waals surface area (Å²) in [7, 11) is 0. The summed E-state index contributed by atoms with van der Waals surface area (Å²) in [6, 6.07) is 13.2. The normalized spacial score (nSPS) is 11.1. The molecule has 0 aliphatic heterocycles. The predicted molar refractivity (Wildman–Crippen MR) is 103 cm³/mol. The Labute approximate surface area is 153 Å². The van der Waals surface area contributed by atoms with Gasteiger partial charge in [-0.2, -0.15) is 0 Å². The van der Waals surface area contributed by atoms with Gasteiger partial charge in [-0.1, -0.05) is 6.07 Å². The van der Waals surface area contributed by atoms with Crippen LogP contribution in [0.2, 0.25) is 0 Å². The van der Waals surface area contributed by atoms with Crippen molar-refractivity contribution in [3.05, 3.63) is 79.1 Å². The molecule has 6 heteroatoms. The van der Waals surface area contributed by atoms with Crippen LogP contribution < -0.4 is 5.32 Å². The number of anilines is 1. The van der Waals surface area contributed by atoms with Gasteiger partial charge < -0.3 is 14.7 Å². The summed E-state index contributed by atoms with van der Waals surface area (Å²) in [5.74, 6) is -0.216. The number of furan rings is 1. The van der Waals surface area contributed by atoms with Gasteiger partial charge in [0.05, 0.1) is 23.6 Å². The van der Waals surface area contributed by atoms with Crippen molar-refractivity contribution in [3.63, 3.8) is 0 Å². The summed E-state index contributed by atoms with van der Waals surface area (Å²) in [6.07, 6.45) is 8.46. The van der Waals surface area contributed by atoms with Crippen molar-refractivity contribution in [1.29, 1.82) is 0 Å². The average molecular weight is 354 g/mol. The molecule has 0 unspecified atom stereocenters. The van der Waals surface area contributed by atoms with Crippen LogP contribution in [0.5, 0.6) is 0 Å². The second kappa shape index (κ2) is 6.10. The van der Waals surface area contributed by atoms with Gasteiger partial charge in [-0.05, 0) is 36.4 Å². The number of H-pyrrole nitrogens is 1. The van der Waals surface area contributed by atoms with Crippen molar-refractivity contribution in [2.45, 2.75) is 0 Å². The van der Waals surface area contributed by atoms with E-state index in [9.17, 15) is 4.79 Å². The molecular weight excluding hydrogens is 340 g/mol. The van der Waals surface area contributed by atoms with E-state index < -0.39 is 0 Å². The maximum absolute atomic E-state index is 12.7. The molecule has 0 atom stereocenters. The Morgan fingerprint density at radius 2 is 2.07 bits per heavy atom. The molecule has 0 spiro atoms. The summed E-state index contributed by atoms with van der Waals surface area (Å²) >= 11 is 0. The van der Waals surface area contributed by atoms with Gasteiger partial charge in [-0.25, -0.2) is 4.98 Å². The molecule has 0 bridgehead atoms. The van der Waals surface area contributed by atoms with Gasteiger partial charge in [0, 0.05) is 46.2 Å². The Morgan fingerprint density at radius 3 is 2.96 bits per heavy atom. The number of carbonyl (C=O) groups is 1. The first-order valence-corrected chi connectivity index (χ1v) is 8.44. The Hall–Kier alpha value is -3.93. The average Bonchev–Trinajstić information content (AvgIpc) is 3.36. The summed E-state index contributed by atoms with van der Waals surface area (Å²) < 4.78 is 5.16. The Bertz CT molecular complexity index is 1270. The second-order valence-corrected chi connectivity index (χ2v) is 6.20. The number of benzene rings is 1. The van der Waals surface area contributed by atoms with Crippen LogP contribution in [0, 0.1) is 0 Å². The summed E-state index contributed by atoms with van der Waals surface area (Å²) in [5, 5.41) is 4.76. The number of hydrogen-bond donors (Lipinski definition) is 2. The lowest BCUT2D eigenvalue weighted by molar-refractivity contribution is 0.102. The maximum atomic E-state index is 12.7. The first-order valence-electron chi connectivity index (χ1n) is 8.44. The molecule has 2 N–H and O–H groups in total. The zero-order valence-electron chi connectivity index (χ0n) is 14.1. The fraction of sp³-hybridized carbons (Fsp3) is 0. The third-order valence-electron chi connectivity index (χ3n) is 4.49. The SMILES string of the molecule is O=C(Nc1ccc2ncccc2c1)c1cnc2[nH]cc(-c3ccoc3)c2c1. The fourth-order valence-corrected chi connectivity index (χ4v) is 3.14. The van der Waals surface area contributed by atoms with E-state index in [4.69, 9.17) is 4.42 Å². The highest BCUT2D eigenvalue weighted by atomic mass is 16.3. The summed E-state index contributed by atoms with van der Waals surface area (Å²) in [5.41, 5.74) is 4.68. The summed E-state index contributed by atoms with van der Waals surface area (Å²) in [6.45, 7) is 0. The van der Waals surface area contributed by atoms with E-state index in [0.29, 0.717) is 11.3 Å². The molecule has 1 amide bonds. The number of fused-ring (bicyclic) bond motifs is 2. The van der Waals surface area contributed by atoms with Crippen LogP contribution in [0.3, 0.4) is 0 Å². The maximum Gasteiger partial charge on any atom is 0.257 e. The number of aromatic nitrogens is 3. The molecule has 0 fully saturated rings. The molecule has 4 aromatic heterocycles. The van der Waals surface area contributed by atoms with Crippen molar-refractivity contribution in [1.82, 2.24) is 15.0 Å². The smallest absolute Gasteiger partial charge is 0.257 e. The molecular formula is C21H14N4O2. The monoisotopic (exact) mass is 354 g/mol. The lowest BCUT2D eigenvalue weighted by Gasteiger charge is -2.07. The zero-order chi connectivity index (χ0) is 18.2. The highest BCUT2D eigenvalue weighted by molar-refractivity contribution is 6.07. The van der Waals surface area contributed by atoms with Crippen LogP contribution in [0.25, 0.3) is 33.1 Å². The van der Waals surface area contributed by atoms with Crippen LogP contribution in [-0.2, 0) is 0 Å². The van der Waals surface area contributed by atoms with Crippen molar-refractivity contribution in [2.24, 2.45) is 0 Å². The van der Waals surface area contributed by atoms with Crippen molar-refractivity contribution >= 4 is 33.5 Å². The fourth-order valence-electron chi connectivity index (χ4n) is 3.14. The number of nitrogens with one attached hydrogen (secondary N) is 2. The number of hydrogen-bond acceptors (Lipinski definition) is 4. The van der Waals surface area contributed by atoms with E-state index in [1.807, 2.05) is 48.7 Å². The highest BCUT2D eigenvalue weighted by Crippen LogP contribution is 2.28. The van der Waals surface area contributed by atoms with Gasteiger partial charge in [0.2, 0.25) is 0 Å². The van der Waals surface area contributed by atoms with E-state index in [-0.39, 0.29) is 5.91 Å². The molecule has 5 aromatic rings. The number of pyridine rings is 2. The summed E-state index contributed by atoms with van der Waals surface area (Å²) in [4.78, 5) is 24.5. The van der Waals surface area contributed by atoms with Gasteiger partial charge in [0.1, 0.15) is 5.65 Å². The van der Waals surface area contributed by atoms with Gasteiger partial charge >= 0.3 is 0 Å². The third kappa shape index (κ3) is 2.73. The third-order valence-corrected chi connectivity index (χ3v) is 4.49. The first-order chi connectivity index (χ1) is 13.3. The number of nitrogens with zero attached hydrogens (tertiary/aromatic N) is 2. The molecule has 1 aromatic carbocycles. The van der Waals surface area contributed by atoms with Gasteiger partial charge in [0.15, 0.2) is 0 Å². The molecule has 0 aliphatic rings. The molecule has 0 aliphatic carbocycles. The molecule has 130 valence electrons. The van der Waals surface area contributed by atoms with Crippen molar-refractivity contribution in [3.8, 4) is 11.1 Å². The standard InChI is InChI=1S/C21H14N4O2/c26-21(25-16-3-4-19-13(8-16)2-1-6-22-19)15-9-17-18(14-5-7-27-12-14)11-24-20(17)23-10-15/h1-12H,(H,23,24)(H,25,26). The minimum Gasteiger partial charge on any atom is -0.472 e. The highest BCUT2D eigenvalue weighted by Gasteiger charge is 2.13. The number of carbonyl (C=O) groups excluding carboxylic acids is 1. The molecule has 6 nitrogen and oxygen atoms in total. The Morgan fingerprint density at radius 1 is 1.11 bits per heavy atom.